The van der Waals surface area contributed by atoms with E-state index in [1.54, 1.807) is 12.1 Å². The molecule has 0 spiro atoms. The van der Waals surface area contributed by atoms with Crippen molar-refractivity contribution in [3.8, 4) is 0 Å². The molecule has 0 amide bonds. The van der Waals surface area contributed by atoms with E-state index in [9.17, 15) is 8.42 Å². The van der Waals surface area contributed by atoms with Crippen LogP contribution in [0, 0.1) is 0 Å². The van der Waals surface area contributed by atoms with Crippen LogP contribution in [-0.2, 0) is 15.3 Å². The summed E-state index contributed by atoms with van der Waals surface area (Å²) in [4.78, 5) is 0.482. The average Bonchev–Trinajstić information content (AvgIpc) is 3.03. The van der Waals surface area contributed by atoms with Gasteiger partial charge in [-0.05, 0) is 43.4 Å². The Morgan fingerprint density at radius 2 is 1.68 bits per heavy atom. The minimum absolute atomic E-state index is 0.135. The van der Waals surface area contributed by atoms with Crippen molar-refractivity contribution >= 4 is 9.84 Å². The first kappa shape index (κ1) is 13.1. The van der Waals surface area contributed by atoms with Gasteiger partial charge in [-0.2, -0.15) is 0 Å². The van der Waals surface area contributed by atoms with Gasteiger partial charge in [0.1, 0.15) is 0 Å². The largest absolute Gasteiger partial charge is 0.330 e. The van der Waals surface area contributed by atoms with Crippen LogP contribution in [0.1, 0.15) is 44.1 Å². The maximum atomic E-state index is 12.5. The maximum Gasteiger partial charge on any atom is 0.181 e. The average molecular weight is 279 g/mol. The highest BCUT2D eigenvalue weighted by Crippen LogP contribution is 2.47. The zero-order chi connectivity index (χ0) is 13.5. The number of benzene rings is 1. The van der Waals surface area contributed by atoms with Crippen molar-refractivity contribution in [2.75, 3.05) is 6.54 Å². The standard InChI is InChI=1S/C15H21NO2S/c16-11-15(9-10-15)12-5-7-14(8-6-12)19(17,18)13-3-1-2-4-13/h5-8,13H,1-4,9-11,16H2. The van der Waals surface area contributed by atoms with Gasteiger partial charge < -0.3 is 5.73 Å². The van der Waals surface area contributed by atoms with E-state index in [1.165, 1.54) is 5.56 Å². The minimum Gasteiger partial charge on any atom is -0.330 e. The molecule has 2 aliphatic rings. The van der Waals surface area contributed by atoms with Gasteiger partial charge >= 0.3 is 0 Å². The number of rotatable bonds is 4. The number of hydrogen-bond donors (Lipinski definition) is 1. The Kier molecular flexibility index (Phi) is 3.18. The van der Waals surface area contributed by atoms with Crippen molar-refractivity contribution in [1.29, 1.82) is 0 Å². The van der Waals surface area contributed by atoms with Crippen LogP contribution >= 0.6 is 0 Å². The Morgan fingerprint density at radius 1 is 1.11 bits per heavy atom. The molecule has 3 rings (SSSR count). The van der Waals surface area contributed by atoms with Crippen LogP contribution in [0.3, 0.4) is 0 Å². The normalized spacial score (nSPS) is 22.6. The molecule has 0 atom stereocenters. The highest BCUT2D eigenvalue weighted by atomic mass is 32.2. The zero-order valence-electron chi connectivity index (χ0n) is 11.1. The van der Waals surface area contributed by atoms with E-state index >= 15 is 0 Å². The molecular weight excluding hydrogens is 258 g/mol. The van der Waals surface area contributed by atoms with Gasteiger partial charge in [-0.15, -0.1) is 0 Å². The number of hydrogen-bond acceptors (Lipinski definition) is 3. The van der Waals surface area contributed by atoms with Crippen molar-refractivity contribution < 1.29 is 8.42 Å². The van der Waals surface area contributed by atoms with Crippen molar-refractivity contribution in [3.05, 3.63) is 29.8 Å². The summed E-state index contributed by atoms with van der Waals surface area (Å²) < 4.78 is 24.9. The Bertz CT molecular complexity index is 552. The van der Waals surface area contributed by atoms with Crippen molar-refractivity contribution in [2.45, 2.75) is 54.1 Å². The molecule has 4 heteroatoms. The molecule has 0 bridgehead atoms. The summed E-state index contributed by atoms with van der Waals surface area (Å²) in [6, 6.07) is 7.47. The third kappa shape index (κ3) is 2.21. The summed E-state index contributed by atoms with van der Waals surface area (Å²) in [6.45, 7) is 0.654. The molecule has 0 radical (unpaired) electrons. The molecule has 1 aromatic carbocycles. The van der Waals surface area contributed by atoms with Gasteiger partial charge in [-0.1, -0.05) is 25.0 Å². The molecule has 2 saturated carbocycles. The van der Waals surface area contributed by atoms with Crippen LogP contribution in [0.4, 0.5) is 0 Å². The summed E-state index contributed by atoms with van der Waals surface area (Å²) in [7, 11) is -3.12. The predicted molar refractivity (Wildman–Crippen MR) is 75.9 cm³/mol. The first-order valence-corrected chi connectivity index (χ1v) is 8.68. The molecular formula is C15H21NO2S. The molecule has 19 heavy (non-hydrogen) atoms. The van der Waals surface area contributed by atoms with Gasteiger partial charge in [-0.3, -0.25) is 0 Å². The molecule has 0 unspecified atom stereocenters. The zero-order valence-corrected chi connectivity index (χ0v) is 12.0. The Labute approximate surface area is 115 Å². The number of sulfone groups is 1. The Hall–Kier alpha value is -0.870. The van der Waals surface area contributed by atoms with Crippen LogP contribution in [-0.4, -0.2) is 20.2 Å². The SMILES string of the molecule is NCC1(c2ccc(S(=O)(=O)C3CCCC3)cc2)CC1. The molecule has 0 aliphatic heterocycles. The van der Waals surface area contributed by atoms with Gasteiger partial charge in [0, 0.05) is 12.0 Å². The van der Waals surface area contributed by atoms with E-state index in [-0.39, 0.29) is 10.7 Å². The summed E-state index contributed by atoms with van der Waals surface area (Å²) in [5.41, 5.74) is 7.14. The molecule has 2 N–H and O–H groups in total. The second kappa shape index (κ2) is 4.60. The molecule has 0 saturated heterocycles. The van der Waals surface area contributed by atoms with Gasteiger partial charge in [-0.25, -0.2) is 8.42 Å². The molecule has 0 aromatic heterocycles. The van der Waals surface area contributed by atoms with Crippen molar-refractivity contribution in [3.63, 3.8) is 0 Å². The van der Waals surface area contributed by atoms with E-state index in [1.807, 2.05) is 12.1 Å². The van der Waals surface area contributed by atoms with Gasteiger partial charge in [0.15, 0.2) is 9.84 Å². The molecule has 2 fully saturated rings. The van der Waals surface area contributed by atoms with Gasteiger partial charge in [0.05, 0.1) is 10.1 Å². The van der Waals surface area contributed by atoms with Crippen molar-refractivity contribution in [1.82, 2.24) is 0 Å². The second-order valence-corrected chi connectivity index (χ2v) is 8.19. The molecule has 1 aromatic rings. The second-order valence-electron chi connectivity index (χ2n) is 5.96. The predicted octanol–water partition coefficient (Wildman–Crippen LogP) is 2.39. The fraction of sp³-hybridized carbons (Fsp3) is 0.600. The third-order valence-electron chi connectivity index (χ3n) is 4.78. The van der Waals surface area contributed by atoms with E-state index < -0.39 is 9.84 Å². The molecule has 3 nitrogen and oxygen atoms in total. The quantitative estimate of drug-likeness (QED) is 0.920. The lowest BCUT2D eigenvalue weighted by molar-refractivity contribution is 0.579. The Balaban J connectivity index is 1.86. The van der Waals surface area contributed by atoms with E-state index in [0.29, 0.717) is 11.4 Å². The molecule has 2 aliphatic carbocycles. The van der Waals surface area contributed by atoms with Crippen molar-refractivity contribution in [2.24, 2.45) is 5.73 Å². The number of nitrogens with two attached hydrogens (primary N) is 1. The summed E-state index contributed by atoms with van der Waals surface area (Å²) in [6.07, 6.45) is 5.96. The first-order valence-electron chi connectivity index (χ1n) is 7.13. The summed E-state index contributed by atoms with van der Waals surface area (Å²) in [5, 5.41) is -0.164. The van der Waals surface area contributed by atoms with E-state index in [0.717, 1.165) is 38.5 Å². The van der Waals surface area contributed by atoms with Gasteiger partial charge in [0.25, 0.3) is 0 Å². The fourth-order valence-electron chi connectivity index (χ4n) is 3.15. The lowest BCUT2D eigenvalue weighted by Gasteiger charge is -2.15. The highest BCUT2D eigenvalue weighted by Gasteiger charge is 2.42. The van der Waals surface area contributed by atoms with Crippen LogP contribution in [0.25, 0.3) is 0 Å². The van der Waals surface area contributed by atoms with E-state index in [2.05, 4.69) is 0 Å². The lowest BCUT2D eigenvalue weighted by Crippen LogP contribution is -2.20. The molecule has 0 heterocycles. The maximum absolute atomic E-state index is 12.5. The molecule has 104 valence electrons. The summed E-state index contributed by atoms with van der Waals surface area (Å²) >= 11 is 0. The van der Waals surface area contributed by atoms with Gasteiger partial charge in [0.2, 0.25) is 0 Å². The fourth-order valence-corrected chi connectivity index (χ4v) is 5.01. The van der Waals surface area contributed by atoms with Crippen LogP contribution in [0.5, 0.6) is 0 Å². The minimum atomic E-state index is -3.12. The first-order chi connectivity index (χ1) is 9.08. The van der Waals surface area contributed by atoms with E-state index in [4.69, 9.17) is 5.73 Å². The highest BCUT2D eigenvalue weighted by molar-refractivity contribution is 7.92. The lowest BCUT2D eigenvalue weighted by atomic mass is 9.96. The van der Waals surface area contributed by atoms with Crippen LogP contribution < -0.4 is 5.73 Å². The smallest absolute Gasteiger partial charge is 0.181 e. The topological polar surface area (TPSA) is 60.2 Å². The monoisotopic (exact) mass is 279 g/mol. The summed E-state index contributed by atoms with van der Waals surface area (Å²) in [5.74, 6) is 0. The van der Waals surface area contributed by atoms with Crippen LogP contribution in [0.15, 0.2) is 29.2 Å². The Morgan fingerprint density at radius 3 is 2.16 bits per heavy atom. The van der Waals surface area contributed by atoms with Crippen LogP contribution in [0.2, 0.25) is 0 Å². The third-order valence-corrected chi connectivity index (χ3v) is 7.06.